The Balaban J connectivity index is 2.21. The summed E-state index contributed by atoms with van der Waals surface area (Å²) in [6.45, 7) is 0. The van der Waals surface area contributed by atoms with Crippen molar-refractivity contribution in [2.45, 2.75) is 17.5 Å². The van der Waals surface area contributed by atoms with Crippen LogP contribution in [0.15, 0.2) is 41.8 Å². The van der Waals surface area contributed by atoms with Crippen molar-refractivity contribution in [2.24, 2.45) is 7.05 Å². The molecule has 0 amide bonds. The van der Waals surface area contributed by atoms with E-state index < -0.39 is 22.0 Å². The van der Waals surface area contributed by atoms with Gasteiger partial charge in [0.2, 0.25) is 0 Å². The van der Waals surface area contributed by atoms with Crippen LogP contribution >= 0.6 is 0 Å². The predicted octanol–water partition coefficient (Wildman–Crippen LogP) is -0.211. The van der Waals surface area contributed by atoms with Crippen molar-refractivity contribution in [3.63, 3.8) is 0 Å². The Morgan fingerprint density at radius 3 is 2.52 bits per heavy atom. The summed E-state index contributed by atoms with van der Waals surface area (Å²) in [4.78, 5) is 15.1. The molecule has 0 bridgehead atoms. The molecule has 0 aliphatic rings. The summed E-state index contributed by atoms with van der Waals surface area (Å²) in [7, 11) is -2.49. The molecule has 0 radical (unpaired) electrons. The van der Waals surface area contributed by atoms with Gasteiger partial charge in [-0.3, -0.25) is 14.5 Å². The summed E-state index contributed by atoms with van der Waals surface area (Å²) < 4.78 is 27.7. The zero-order chi connectivity index (χ0) is 15.5. The molecule has 0 fully saturated rings. The van der Waals surface area contributed by atoms with Gasteiger partial charge in [0.25, 0.3) is 10.0 Å². The van der Waals surface area contributed by atoms with Gasteiger partial charge < -0.3 is 5.11 Å². The highest BCUT2D eigenvalue weighted by Crippen LogP contribution is 2.09. The molecule has 21 heavy (non-hydrogen) atoms. The Morgan fingerprint density at radius 2 is 2.00 bits per heavy atom. The number of pyridine rings is 1. The molecule has 112 valence electrons. The Morgan fingerprint density at radius 1 is 1.33 bits per heavy atom. The standard InChI is InChI=1S/C12H14N4O4S/c1-16-11(4-7-14-16)21(19,20)15-10(12(17)18)8-9-2-5-13-6-3-9/h2-7,10,15H,8H2,1H3,(H,17,18). The summed E-state index contributed by atoms with van der Waals surface area (Å²) in [5.41, 5.74) is 0.671. The van der Waals surface area contributed by atoms with Crippen molar-refractivity contribution in [3.05, 3.63) is 42.4 Å². The van der Waals surface area contributed by atoms with Gasteiger partial charge in [0.15, 0.2) is 5.03 Å². The molecule has 1 unspecified atom stereocenters. The SMILES string of the molecule is Cn1nccc1S(=O)(=O)NC(Cc1ccncc1)C(=O)O. The number of hydrogen-bond acceptors (Lipinski definition) is 5. The smallest absolute Gasteiger partial charge is 0.322 e. The van der Waals surface area contributed by atoms with E-state index in [1.165, 1.54) is 31.7 Å². The van der Waals surface area contributed by atoms with Gasteiger partial charge in [-0.25, -0.2) is 8.42 Å². The van der Waals surface area contributed by atoms with Crippen molar-refractivity contribution in [3.8, 4) is 0 Å². The lowest BCUT2D eigenvalue weighted by molar-refractivity contribution is -0.138. The Labute approximate surface area is 121 Å². The van der Waals surface area contributed by atoms with Gasteiger partial charge in [0, 0.05) is 19.4 Å². The fourth-order valence-corrected chi connectivity index (χ4v) is 3.12. The van der Waals surface area contributed by atoms with Crippen LogP contribution < -0.4 is 4.72 Å². The number of aromatic nitrogens is 3. The molecule has 2 aromatic rings. The van der Waals surface area contributed by atoms with E-state index in [-0.39, 0.29) is 11.4 Å². The minimum Gasteiger partial charge on any atom is -0.480 e. The highest BCUT2D eigenvalue weighted by atomic mass is 32.2. The second kappa shape index (κ2) is 6.02. The van der Waals surface area contributed by atoms with E-state index in [9.17, 15) is 18.3 Å². The van der Waals surface area contributed by atoms with Gasteiger partial charge in [-0.2, -0.15) is 9.82 Å². The van der Waals surface area contributed by atoms with Crippen LogP contribution in [0.1, 0.15) is 5.56 Å². The lowest BCUT2D eigenvalue weighted by Gasteiger charge is -2.14. The molecule has 8 nitrogen and oxygen atoms in total. The highest BCUT2D eigenvalue weighted by molar-refractivity contribution is 7.89. The van der Waals surface area contributed by atoms with Crippen molar-refractivity contribution < 1.29 is 18.3 Å². The van der Waals surface area contributed by atoms with Gasteiger partial charge in [0.05, 0.1) is 6.20 Å². The number of hydrogen-bond donors (Lipinski definition) is 2. The van der Waals surface area contributed by atoms with E-state index in [1.54, 1.807) is 12.1 Å². The number of carbonyl (C=O) groups is 1. The Bertz CT molecular complexity index is 727. The van der Waals surface area contributed by atoms with E-state index >= 15 is 0 Å². The van der Waals surface area contributed by atoms with Crippen LogP contribution in [-0.4, -0.2) is 40.3 Å². The molecule has 0 saturated heterocycles. The highest BCUT2D eigenvalue weighted by Gasteiger charge is 2.27. The third kappa shape index (κ3) is 3.64. The van der Waals surface area contributed by atoms with Gasteiger partial charge in [-0.05, 0) is 30.2 Å². The molecule has 2 heterocycles. The van der Waals surface area contributed by atoms with E-state index in [4.69, 9.17) is 0 Å². The zero-order valence-electron chi connectivity index (χ0n) is 11.2. The van der Waals surface area contributed by atoms with Gasteiger partial charge in [0.1, 0.15) is 6.04 Å². The lowest BCUT2D eigenvalue weighted by Crippen LogP contribution is -2.42. The molecule has 2 aromatic heterocycles. The van der Waals surface area contributed by atoms with Crippen molar-refractivity contribution >= 4 is 16.0 Å². The molecule has 0 aromatic carbocycles. The topological polar surface area (TPSA) is 114 Å². The summed E-state index contributed by atoms with van der Waals surface area (Å²) in [6.07, 6.45) is 4.38. The predicted molar refractivity (Wildman–Crippen MR) is 72.9 cm³/mol. The number of carboxylic acid groups (broad SMARTS) is 1. The van der Waals surface area contributed by atoms with Crippen LogP contribution in [0, 0.1) is 0 Å². The zero-order valence-corrected chi connectivity index (χ0v) is 12.0. The number of aryl methyl sites for hydroxylation is 1. The van der Waals surface area contributed by atoms with Crippen molar-refractivity contribution in [2.75, 3.05) is 0 Å². The molecule has 2 rings (SSSR count). The number of nitrogens with one attached hydrogen (secondary N) is 1. The number of nitrogens with zero attached hydrogens (tertiary/aromatic N) is 3. The second-order valence-corrected chi connectivity index (χ2v) is 6.03. The number of sulfonamides is 1. The minimum atomic E-state index is -3.96. The number of rotatable bonds is 6. The van der Waals surface area contributed by atoms with Crippen LogP contribution in [-0.2, 0) is 28.3 Å². The van der Waals surface area contributed by atoms with Crippen LogP contribution in [0.2, 0.25) is 0 Å². The second-order valence-electron chi connectivity index (χ2n) is 4.36. The molecule has 0 saturated carbocycles. The fourth-order valence-electron chi connectivity index (χ4n) is 1.81. The molecule has 0 aliphatic carbocycles. The minimum absolute atomic E-state index is 0.0228. The van der Waals surface area contributed by atoms with Crippen molar-refractivity contribution in [1.82, 2.24) is 19.5 Å². The maximum absolute atomic E-state index is 12.2. The third-order valence-corrected chi connectivity index (χ3v) is 4.38. The van der Waals surface area contributed by atoms with Gasteiger partial charge in [-0.1, -0.05) is 0 Å². The first-order valence-corrected chi connectivity index (χ1v) is 7.50. The van der Waals surface area contributed by atoms with E-state index in [1.807, 2.05) is 0 Å². The van der Waals surface area contributed by atoms with Crippen molar-refractivity contribution in [1.29, 1.82) is 0 Å². The normalized spacial score (nSPS) is 13.0. The summed E-state index contributed by atoms with van der Waals surface area (Å²) in [5.74, 6) is -1.25. The monoisotopic (exact) mass is 310 g/mol. The van der Waals surface area contributed by atoms with Crippen LogP contribution in [0.4, 0.5) is 0 Å². The van der Waals surface area contributed by atoms with Crippen LogP contribution in [0.5, 0.6) is 0 Å². The molecular weight excluding hydrogens is 296 g/mol. The quantitative estimate of drug-likeness (QED) is 0.763. The van der Waals surface area contributed by atoms with Crippen LogP contribution in [0.25, 0.3) is 0 Å². The molecule has 9 heteroatoms. The van der Waals surface area contributed by atoms with Gasteiger partial charge >= 0.3 is 5.97 Å². The largest absolute Gasteiger partial charge is 0.480 e. The maximum atomic E-state index is 12.2. The third-order valence-electron chi connectivity index (χ3n) is 2.84. The van der Waals surface area contributed by atoms with Crippen LogP contribution in [0.3, 0.4) is 0 Å². The fraction of sp³-hybridized carbons (Fsp3) is 0.250. The van der Waals surface area contributed by atoms with E-state index in [2.05, 4.69) is 14.8 Å². The summed E-state index contributed by atoms with van der Waals surface area (Å²) in [5, 5.41) is 12.9. The first-order valence-electron chi connectivity index (χ1n) is 6.02. The molecule has 0 spiro atoms. The maximum Gasteiger partial charge on any atom is 0.322 e. The first-order chi connectivity index (χ1) is 9.90. The van der Waals surface area contributed by atoms with E-state index in [0.717, 1.165) is 4.68 Å². The first kappa shape index (κ1) is 15.1. The molecule has 1 atom stereocenters. The number of aliphatic carboxylic acids is 1. The Kier molecular flexibility index (Phi) is 4.34. The van der Waals surface area contributed by atoms with E-state index in [0.29, 0.717) is 5.56 Å². The average molecular weight is 310 g/mol. The molecule has 0 aliphatic heterocycles. The Hall–Kier alpha value is -2.26. The molecule has 2 N–H and O–H groups in total. The summed E-state index contributed by atoms with van der Waals surface area (Å²) >= 11 is 0. The molecular formula is C12H14N4O4S. The average Bonchev–Trinajstić information content (AvgIpc) is 2.86. The number of carboxylic acids is 1. The summed E-state index contributed by atoms with van der Waals surface area (Å²) in [6, 6.07) is 3.29. The van der Waals surface area contributed by atoms with Gasteiger partial charge in [-0.15, -0.1) is 0 Å². The lowest BCUT2D eigenvalue weighted by atomic mass is 10.1.